The number of aryl methyl sites for hydroxylation is 1. The molecule has 1 aromatic heterocycles. The second-order valence-corrected chi connectivity index (χ2v) is 6.28. The number of rotatable bonds is 3. The Labute approximate surface area is 130 Å². The number of aromatic nitrogens is 2. The Kier molecular flexibility index (Phi) is 3.80. The van der Waals surface area contributed by atoms with Crippen LogP contribution < -0.4 is 0 Å². The maximum absolute atomic E-state index is 11.3. The summed E-state index contributed by atoms with van der Waals surface area (Å²) < 4.78 is 6.22. The molecular formula is C15H15BrN2O3. The third-order valence-corrected chi connectivity index (χ3v) is 4.61. The fourth-order valence-corrected chi connectivity index (χ4v) is 3.52. The molecule has 2 unspecified atom stereocenters. The molecule has 110 valence electrons. The molecule has 0 saturated heterocycles. The Morgan fingerprint density at radius 3 is 2.95 bits per heavy atom. The lowest BCUT2D eigenvalue weighted by Gasteiger charge is -2.10. The van der Waals surface area contributed by atoms with Crippen LogP contribution in [0.5, 0.6) is 0 Å². The molecule has 1 N–H and O–H groups in total. The molecule has 0 radical (unpaired) electrons. The summed E-state index contributed by atoms with van der Waals surface area (Å²) in [5, 5.41) is 13.3. The molecule has 1 aromatic carbocycles. The van der Waals surface area contributed by atoms with Gasteiger partial charge >= 0.3 is 5.97 Å². The van der Waals surface area contributed by atoms with Crippen LogP contribution in [-0.2, 0) is 4.79 Å². The van der Waals surface area contributed by atoms with Gasteiger partial charge in [-0.05, 0) is 37.5 Å². The smallest absolute Gasteiger partial charge is 0.307 e. The van der Waals surface area contributed by atoms with Crippen LogP contribution >= 0.6 is 15.9 Å². The van der Waals surface area contributed by atoms with E-state index >= 15 is 0 Å². The van der Waals surface area contributed by atoms with Crippen LogP contribution in [0.1, 0.15) is 36.6 Å². The second kappa shape index (κ2) is 5.60. The van der Waals surface area contributed by atoms with Gasteiger partial charge in [0, 0.05) is 10.0 Å². The maximum atomic E-state index is 11.3. The molecule has 3 rings (SSSR count). The van der Waals surface area contributed by atoms with Crippen molar-refractivity contribution < 1.29 is 14.4 Å². The molecule has 1 fully saturated rings. The summed E-state index contributed by atoms with van der Waals surface area (Å²) >= 11 is 3.50. The molecule has 0 spiro atoms. The van der Waals surface area contributed by atoms with E-state index in [9.17, 15) is 9.90 Å². The van der Waals surface area contributed by atoms with Gasteiger partial charge in [-0.2, -0.15) is 4.98 Å². The van der Waals surface area contributed by atoms with Gasteiger partial charge in [0.25, 0.3) is 0 Å². The van der Waals surface area contributed by atoms with Gasteiger partial charge in [0.1, 0.15) is 0 Å². The highest BCUT2D eigenvalue weighted by Crippen LogP contribution is 2.39. The van der Waals surface area contributed by atoms with Gasteiger partial charge in [0.05, 0.1) is 11.8 Å². The zero-order chi connectivity index (χ0) is 15.0. The SMILES string of the molecule is Cc1ccc(-c2noc(C3CCCC3C(=O)O)n2)c(Br)c1. The third kappa shape index (κ3) is 2.72. The number of carboxylic acids is 1. The van der Waals surface area contributed by atoms with Crippen LogP contribution in [0.3, 0.4) is 0 Å². The minimum Gasteiger partial charge on any atom is -0.481 e. The largest absolute Gasteiger partial charge is 0.481 e. The third-order valence-electron chi connectivity index (χ3n) is 3.96. The van der Waals surface area contributed by atoms with Gasteiger partial charge in [-0.1, -0.05) is 33.6 Å². The summed E-state index contributed by atoms with van der Waals surface area (Å²) in [4.78, 5) is 15.7. The number of halogens is 1. The summed E-state index contributed by atoms with van der Waals surface area (Å²) in [5.41, 5.74) is 1.98. The Morgan fingerprint density at radius 1 is 1.43 bits per heavy atom. The van der Waals surface area contributed by atoms with E-state index in [0.717, 1.165) is 28.4 Å². The number of hydrogen-bond donors (Lipinski definition) is 1. The summed E-state index contributed by atoms with van der Waals surface area (Å²) in [7, 11) is 0. The first-order chi connectivity index (χ1) is 10.1. The standard InChI is InChI=1S/C15H15BrN2O3/c1-8-5-6-11(12(16)7-8)13-17-14(21-18-13)9-3-2-4-10(9)15(19)20/h5-7,9-10H,2-4H2,1H3,(H,19,20). The zero-order valence-corrected chi connectivity index (χ0v) is 13.1. The highest BCUT2D eigenvalue weighted by molar-refractivity contribution is 9.10. The van der Waals surface area contributed by atoms with Crippen molar-refractivity contribution in [1.82, 2.24) is 10.1 Å². The number of benzene rings is 1. The number of carboxylic acid groups (broad SMARTS) is 1. The van der Waals surface area contributed by atoms with Gasteiger partial charge in [-0.15, -0.1) is 0 Å². The number of nitrogens with zero attached hydrogens (tertiary/aromatic N) is 2. The molecule has 0 amide bonds. The molecule has 2 aromatic rings. The first kappa shape index (κ1) is 14.3. The average Bonchev–Trinajstić information content (AvgIpc) is 3.06. The van der Waals surface area contributed by atoms with E-state index < -0.39 is 11.9 Å². The minimum atomic E-state index is -0.784. The predicted octanol–water partition coefficient (Wildman–Crippen LogP) is 3.78. The van der Waals surface area contributed by atoms with E-state index in [1.165, 1.54) is 0 Å². The Balaban J connectivity index is 1.91. The lowest BCUT2D eigenvalue weighted by molar-refractivity contribution is -0.142. The molecule has 0 bridgehead atoms. The summed E-state index contributed by atoms with van der Waals surface area (Å²) in [5.74, 6) is -0.447. The van der Waals surface area contributed by atoms with Crippen LogP contribution in [0, 0.1) is 12.8 Å². The second-order valence-electron chi connectivity index (χ2n) is 5.42. The fraction of sp³-hybridized carbons (Fsp3) is 0.400. The highest BCUT2D eigenvalue weighted by atomic mass is 79.9. The number of aliphatic carboxylic acids is 1. The monoisotopic (exact) mass is 350 g/mol. The molecule has 1 heterocycles. The van der Waals surface area contributed by atoms with E-state index in [1.807, 2.05) is 25.1 Å². The van der Waals surface area contributed by atoms with Gasteiger partial charge < -0.3 is 9.63 Å². The van der Waals surface area contributed by atoms with Gasteiger partial charge in [0.15, 0.2) is 0 Å². The van der Waals surface area contributed by atoms with Crippen LogP contribution in [0.25, 0.3) is 11.4 Å². The van der Waals surface area contributed by atoms with Crippen LogP contribution in [0.2, 0.25) is 0 Å². The number of carbonyl (C=O) groups is 1. The molecule has 1 aliphatic rings. The predicted molar refractivity (Wildman–Crippen MR) is 79.9 cm³/mol. The molecule has 1 aliphatic carbocycles. The van der Waals surface area contributed by atoms with E-state index in [-0.39, 0.29) is 5.92 Å². The molecule has 2 atom stereocenters. The highest BCUT2D eigenvalue weighted by Gasteiger charge is 2.37. The van der Waals surface area contributed by atoms with Crippen molar-refractivity contribution in [3.63, 3.8) is 0 Å². The fourth-order valence-electron chi connectivity index (χ4n) is 2.85. The van der Waals surface area contributed by atoms with Gasteiger partial charge in [-0.3, -0.25) is 4.79 Å². The lowest BCUT2D eigenvalue weighted by atomic mass is 9.96. The van der Waals surface area contributed by atoms with Crippen molar-refractivity contribution in [3.05, 3.63) is 34.1 Å². The molecule has 0 aliphatic heterocycles. The Hall–Kier alpha value is -1.69. The number of hydrogen-bond acceptors (Lipinski definition) is 4. The maximum Gasteiger partial charge on any atom is 0.307 e. The van der Waals surface area contributed by atoms with Crippen molar-refractivity contribution >= 4 is 21.9 Å². The zero-order valence-electron chi connectivity index (χ0n) is 11.5. The lowest BCUT2D eigenvalue weighted by Crippen LogP contribution is -2.17. The van der Waals surface area contributed by atoms with Crippen LogP contribution in [-0.4, -0.2) is 21.2 Å². The average molecular weight is 351 g/mol. The van der Waals surface area contributed by atoms with E-state index in [0.29, 0.717) is 18.1 Å². The van der Waals surface area contributed by atoms with E-state index in [2.05, 4.69) is 26.1 Å². The summed E-state index contributed by atoms with van der Waals surface area (Å²) in [6, 6.07) is 5.89. The normalized spacial score (nSPS) is 21.6. The molecule has 6 heteroatoms. The molecule has 1 saturated carbocycles. The van der Waals surface area contributed by atoms with E-state index in [4.69, 9.17) is 4.52 Å². The van der Waals surface area contributed by atoms with Crippen LogP contribution in [0.15, 0.2) is 27.2 Å². The first-order valence-electron chi connectivity index (χ1n) is 6.89. The molecular weight excluding hydrogens is 336 g/mol. The van der Waals surface area contributed by atoms with Gasteiger partial charge in [0.2, 0.25) is 11.7 Å². The van der Waals surface area contributed by atoms with Crippen LogP contribution in [0.4, 0.5) is 0 Å². The van der Waals surface area contributed by atoms with Crippen molar-refractivity contribution in [2.45, 2.75) is 32.1 Å². The quantitative estimate of drug-likeness (QED) is 0.911. The summed E-state index contributed by atoms with van der Waals surface area (Å²) in [6.07, 6.45) is 2.34. The first-order valence-corrected chi connectivity index (χ1v) is 7.68. The topological polar surface area (TPSA) is 76.2 Å². The Morgan fingerprint density at radius 2 is 2.24 bits per heavy atom. The Bertz CT molecular complexity index is 683. The van der Waals surface area contributed by atoms with E-state index in [1.54, 1.807) is 0 Å². The minimum absolute atomic E-state index is 0.173. The van der Waals surface area contributed by atoms with Gasteiger partial charge in [-0.25, -0.2) is 0 Å². The van der Waals surface area contributed by atoms with Crippen molar-refractivity contribution in [1.29, 1.82) is 0 Å². The molecule has 21 heavy (non-hydrogen) atoms. The van der Waals surface area contributed by atoms with Crippen molar-refractivity contribution in [2.75, 3.05) is 0 Å². The molecule has 5 nitrogen and oxygen atoms in total. The summed E-state index contributed by atoms with van der Waals surface area (Å²) in [6.45, 7) is 2.01. The van der Waals surface area contributed by atoms with Crippen molar-refractivity contribution in [3.8, 4) is 11.4 Å². The van der Waals surface area contributed by atoms with Crippen molar-refractivity contribution in [2.24, 2.45) is 5.92 Å².